The quantitative estimate of drug-likeness (QED) is 0.151. The van der Waals surface area contributed by atoms with Crippen LogP contribution in [0.3, 0.4) is 0 Å². The first kappa shape index (κ1) is 28.9. The fourth-order valence-electron chi connectivity index (χ4n) is 4.69. The molecule has 38 heavy (non-hydrogen) atoms. The van der Waals surface area contributed by atoms with Crippen molar-refractivity contribution in [2.75, 3.05) is 0 Å². The van der Waals surface area contributed by atoms with Crippen molar-refractivity contribution >= 4 is 18.6 Å². The summed E-state index contributed by atoms with van der Waals surface area (Å²) in [4.78, 5) is 36.9. The largest absolute Gasteiger partial charge is 0.464 e. The highest BCUT2D eigenvalue weighted by molar-refractivity contribution is 5.71. The molecule has 1 aliphatic heterocycles. The lowest BCUT2D eigenvalue weighted by Gasteiger charge is -2.48. The summed E-state index contributed by atoms with van der Waals surface area (Å²) in [5.74, 6) is 0. The van der Waals surface area contributed by atoms with Crippen molar-refractivity contribution in [1.82, 2.24) is 20.7 Å². The molecule has 206 valence electrons. The molecule has 5 unspecified atom stereocenters. The smallest absolute Gasteiger partial charge is 0.422 e. The highest BCUT2D eigenvalue weighted by Crippen LogP contribution is 2.30. The van der Waals surface area contributed by atoms with E-state index in [1.54, 1.807) is 38.1 Å². The number of nitrogens with zero attached hydrogens (tertiary/aromatic N) is 2. The van der Waals surface area contributed by atoms with Gasteiger partial charge in [0.25, 0.3) is 0 Å². The molecule has 0 radical (unpaired) electrons. The molecule has 3 amide bonds. The Labute approximate surface area is 222 Å². The number of rotatable bonds is 13. The molecule has 11 nitrogen and oxygen atoms in total. The van der Waals surface area contributed by atoms with Crippen LogP contribution in [-0.2, 0) is 22.4 Å². The molecule has 11 heteroatoms. The number of hydrogen-bond donors (Lipinski definition) is 5. The Hall–Kier alpha value is -3.67. The Morgan fingerprint density at radius 2 is 1.68 bits per heavy atom. The summed E-state index contributed by atoms with van der Waals surface area (Å²) in [5, 5.41) is 39.8. The molecule has 0 bridgehead atoms. The van der Waals surface area contributed by atoms with E-state index in [2.05, 4.69) is 10.6 Å². The highest BCUT2D eigenvalue weighted by atomic mass is 16.6. The Kier molecular flexibility index (Phi) is 9.67. The van der Waals surface area contributed by atoms with Crippen LogP contribution in [0.15, 0.2) is 60.7 Å². The van der Waals surface area contributed by atoms with E-state index in [9.17, 15) is 29.7 Å². The molecular formula is C27H36N4O7. The molecule has 1 fully saturated rings. The fourth-order valence-corrected chi connectivity index (χ4v) is 4.69. The summed E-state index contributed by atoms with van der Waals surface area (Å²) in [6.45, 7) is 4.64. The molecule has 3 rings (SSSR count). The van der Waals surface area contributed by atoms with Crippen LogP contribution < -0.4 is 10.6 Å². The molecule has 1 aliphatic rings. The number of aryl methyl sites for hydroxylation is 1. The van der Waals surface area contributed by atoms with Gasteiger partial charge >= 0.3 is 12.2 Å². The van der Waals surface area contributed by atoms with Crippen LogP contribution in [0.25, 0.3) is 0 Å². The Morgan fingerprint density at radius 1 is 1.11 bits per heavy atom. The maximum atomic E-state index is 12.9. The van der Waals surface area contributed by atoms with E-state index < -0.39 is 48.4 Å². The number of aliphatic hydroxyl groups excluding tert-OH is 2. The lowest BCUT2D eigenvalue weighted by molar-refractivity contribution is -0.176. The van der Waals surface area contributed by atoms with Gasteiger partial charge in [-0.3, -0.25) is 4.79 Å². The van der Waals surface area contributed by atoms with Crippen molar-refractivity contribution in [1.29, 1.82) is 0 Å². The zero-order chi connectivity index (χ0) is 27.9. The van der Waals surface area contributed by atoms with Gasteiger partial charge in [-0.05, 0) is 51.2 Å². The fraction of sp³-hybridized carbons (Fsp3) is 0.444. The minimum Gasteiger partial charge on any atom is -0.464 e. The first-order chi connectivity index (χ1) is 18.0. The van der Waals surface area contributed by atoms with Crippen LogP contribution in [0, 0.1) is 0 Å². The van der Waals surface area contributed by atoms with Crippen LogP contribution in [0.2, 0.25) is 0 Å². The number of alkyl carbamates (subject to hydrolysis) is 1. The second-order valence-corrected chi connectivity index (χ2v) is 9.87. The van der Waals surface area contributed by atoms with Gasteiger partial charge in [0.05, 0.1) is 18.2 Å². The predicted molar refractivity (Wildman–Crippen MR) is 139 cm³/mol. The number of carbonyl (C=O) groups is 3. The van der Waals surface area contributed by atoms with Gasteiger partial charge in [0, 0.05) is 0 Å². The van der Waals surface area contributed by atoms with Gasteiger partial charge in [0.1, 0.15) is 17.9 Å². The van der Waals surface area contributed by atoms with Crippen LogP contribution in [0.1, 0.15) is 38.3 Å². The zero-order valence-electron chi connectivity index (χ0n) is 21.7. The van der Waals surface area contributed by atoms with Crippen molar-refractivity contribution in [3.05, 3.63) is 71.8 Å². The lowest BCUT2D eigenvalue weighted by atomic mass is 9.99. The molecule has 5 atom stereocenters. The molecule has 0 aromatic heterocycles. The molecule has 2 aromatic carbocycles. The van der Waals surface area contributed by atoms with Crippen molar-refractivity contribution < 1.29 is 34.4 Å². The normalized spacial score (nSPS) is 19.5. The number of ether oxygens (including phenoxy) is 1. The predicted octanol–water partition coefficient (Wildman–Crippen LogP) is 2.09. The minimum atomic E-state index is -1.45. The summed E-state index contributed by atoms with van der Waals surface area (Å²) in [6.07, 6.45) is -5.97. The van der Waals surface area contributed by atoms with Gasteiger partial charge in [0.2, 0.25) is 6.41 Å². The number of amides is 3. The van der Waals surface area contributed by atoms with Crippen molar-refractivity contribution in [3.8, 4) is 0 Å². The van der Waals surface area contributed by atoms with E-state index in [1.807, 2.05) is 36.4 Å². The maximum absolute atomic E-state index is 12.9. The monoisotopic (exact) mass is 528 g/mol. The summed E-state index contributed by atoms with van der Waals surface area (Å²) < 4.78 is 5.40. The van der Waals surface area contributed by atoms with E-state index in [1.165, 1.54) is 11.9 Å². The van der Waals surface area contributed by atoms with Gasteiger partial charge in [-0.15, -0.1) is 0 Å². The molecule has 5 N–H and O–H groups in total. The molecule has 2 aromatic rings. The van der Waals surface area contributed by atoms with E-state index in [0.29, 0.717) is 12.8 Å². The SMILES string of the molecule is CC(O)C(Cc1ccccc1)N(C(=O)O)N(C(NC=O)C(O)CCc1ccccc1)C1NC(=O)OC1(C)C. The van der Waals surface area contributed by atoms with E-state index in [-0.39, 0.29) is 12.8 Å². The zero-order valence-corrected chi connectivity index (χ0v) is 21.7. The lowest BCUT2D eigenvalue weighted by Crippen LogP contribution is -2.72. The van der Waals surface area contributed by atoms with Crippen molar-refractivity contribution in [2.45, 2.75) is 76.2 Å². The third kappa shape index (κ3) is 7.00. The standard InChI is InChI=1S/C27H36N4O7/c1-18(33)21(16-20-12-8-5-9-13-20)30(26(36)37)31(24-27(2,3)38-25(35)29-24)23(28-17-32)22(34)15-14-19-10-6-4-7-11-19/h4-13,17-18,21-24,33-34H,14-16H2,1-3H3,(H,28,32)(H,29,35)(H,36,37). The summed E-state index contributed by atoms with van der Waals surface area (Å²) in [6, 6.07) is 17.4. The molecule has 0 saturated carbocycles. The van der Waals surface area contributed by atoms with Gasteiger partial charge in [-0.25, -0.2) is 14.6 Å². The number of aliphatic hydroxyl groups is 2. The van der Waals surface area contributed by atoms with Crippen molar-refractivity contribution in [2.24, 2.45) is 0 Å². The number of hydrazine groups is 1. The number of nitrogens with one attached hydrogen (secondary N) is 2. The van der Waals surface area contributed by atoms with Crippen LogP contribution in [0.4, 0.5) is 9.59 Å². The average Bonchev–Trinajstić information content (AvgIpc) is 3.15. The summed E-state index contributed by atoms with van der Waals surface area (Å²) in [5.41, 5.74) is 0.449. The Balaban J connectivity index is 2.05. The van der Waals surface area contributed by atoms with Crippen LogP contribution in [0.5, 0.6) is 0 Å². The first-order valence-electron chi connectivity index (χ1n) is 12.5. The molecule has 0 aliphatic carbocycles. The molecule has 0 spiro atoms. The Morgan fingerprint density at radius 3 is 2.16 bits per heavy atom. The van der Waals surface area contributed by atoms with Gasteiger partial charge in [-0.2, -0.15) is 5.01 Å². The Bertz CT molecular complexity index is 1070. The number of benzene rings is 2. The summed E-state index contributed by atoms with van der Waals surface area (Å²) >= 11 is 0. The van der Waals surface area contributed by atoms with Crippen molar-refractivity contribution in [3.63, 3.8) is 0 Å². The van der Waals surface area contributed by atoms with Crippen LogP contribution >= 0.6 is 0 Å². The topological polar surface area (TPSA) is 152 Å². The first-order valence-corrected chi connectivity index (χ1v) is 12.5. The highest BCUT2D eigenvalue weighted by Gasteiger charge is 2.52. The van der Waals surface area contributed by atoms with Gasteiger partial charge < -0.3 is 30.7 Å². The molecule has 1 saturated heterocycles. The number of carbonyl (C=O) groups excluding carboxylic acids is 2. The second-order valence-electron chi connectivity index (χ2n) is 9.87. The van der Waals surface area contributed by atoms with E-state index >= 15 is 0 Å². The maximum Gasteiger partial charge on any atom is 0.422 e. The molecule has 1 heterocycles. The number of carboxylic acid groups (broad SMARTS) is 1. The van der Waals surface area contributed by atoms with Crippen LogP contribution in [-0.4, -0.2) is 80.1 Å². The minimum absolute atomic E-state index is 0.122. The second kappa shape index (κ2) is 12.7. The number of cyclic esters (lactones) is 1. The van der Waals surface area contributed by atoms with Gasteiger partial charge in [-0.1, -0.05) is 60.7 Å². The summed E-state index contributed by atoms with van der Waals surface area (Å²) in [7, 11) is 0. The van der Waals surface area contributed by atoms with E-state index in [4.69, 9.17) is 4.74 Å². The third-order valence-electron chi connectivity index (χ3n) is 6.60. The van der Waals surface area contributed by atoms with E-state index in [0.717, 1.165) is 16.1 Å². The average molecular weight is 529 g/mol. The van der Waals surface area contributed by atoms with Gasteiger partial charge in [0.15, 0.2) is 0 Å². The third-order valence-corrected chi connectivity index (χ3v) is 6.60. The molecular weight excluding hydrogens is 492 g/mol. The number of hydrogen-bond acceptors (Lipinski definition) is 7.